The highest BCUT2D eigenvalue weighted by atomic mass is 32.2. The largest absolute Gasteiger partial charge is 0.459 e. The van der Waals surface area contributed by atoms with E-state index in [0.29, 0.717) is 26.3 Å². The van der Waals surface area contributed by atoms with Crippen molar-refractivity contribution < 1.29 is 37.6 Å². The summed E-state index contributed by atoms with van der Waals surface area (Å²) in [4.78, 5) is 54.9. The predicted molar refractivity (Wildman–Crippen MR) is 179 cm³/mol. The lowest BCUT2D eigenvalue weighted by Crippen LogP contribution is -2.47. The Kier molecular flexibility index (Phi) is 13.3. The molecule has 1 heterocycles. The molecule has 0 bridgehead atoms. The Balaban J connectivity index is 1.90. The van der Waals surface area contributed by atoms with Gasteiger partial charge in [0.25, 0.3) is 5.91 Å². The number of hydrogen-bond donors (Lipinski definition) is 2. The molecular weight excluding hydrogens is 624 g/mol. The molecule has 1 unspecified atom stereocenters. The van der Waals surface area contributed by atoms with Gasteiger partial charge >= 0.3 is 12.1 Å². The van der Waals surface area contributed by atoms with Crippen LogP contribution in [-0.4, -0.2) is 77.8 Å². The van der Waals surface area contributed by atoms with Crippen molar-refractivity contribution in [3.05, 3.63) is 60.2 Å². The first kappa shape index (κ1) is 37.5. The van der Waals surface area contributed by atoms with Gasteiger partial charge in [0.15, 0.2) is 0 Å². The molecule has 1 aliphatic rings. The highest BCUT2D eigenvalue weighted by Gasteiger charge is 2.31. The van der Waals surface area contributed by atoms with Crippen molar-refractivity contribution in [3.8, 4) is 0 Å². The standard InChI is InChI=1S/C34H48N4O8S/c1-23(2)29(36-33(42)46-34(5,6)7)31(40)37-47(43,27-15-13-26(14-16-27)38-17-19-44-20-18-38)22-28(39)35-30(24(3)4)32(41)45-21-25-11-9-8-10-12-25/h8-16,23-24,29-30H,17-22H2,1-7H3,(H,35,39)(H,36,42)/t29-,30-,47?/m0/s1. The molecule has 2 aromatic carbocycles. The van der Waals surface area contributed by atoms with Crippen molar-refractivity contribution >= 4 is 39.3 Å². The van der Waals surface area contributed by atoms with E-state index in [2.05, 4.69) is 19.9 Å². The van der Waals surface area contributed by atoms with Crippen LogP contribution in [0.1, 0.15) is 54.0 Å². The molecule has 13 heteroatoms. The van der Waals surface area contributed by atoms with Crippen molar-refractivity contribution in [2.75, 3.05) is 37.0 Å². The predicted octanol–water partition coefficient (Wildman–Crippen LogP) is 4.31. The van der Waals surface area contributed by atoms with Gasteiger partial charge in [-0.1, -0.05) is 58.0 Å². The Bertz CT molecular complexity index is 1490. The van der Waals surface area contributed by atoms with Crippen LogP contribution in [0.15, 0.2) is 63.9 Å². The third kappa shape index (κ3) is 11.7. The number of carbonyl (C=O) groups excluding carboxylic acids is 4. The summed E-state index contributed by atoms with van der Waals surface area (Å²) in [5, 5.41) is 5.18. The molecule has 1 saturated heterocycles. The number of anilines is 1. The molecule has 0 spiro atoms. The smallest absolute Gasteiger partial charge is 0.408 e. The van der Waals surface area contributed by atoms with Crippen LogP contribution in [0.2, 0.25) is 0 Å². The Morgan fingerprint density at radius 2 is 1.49 bits per heavy atom. The number of alkyl carbamates (subject to hydrolysis) is 1. The molecule has 0 radical (unpaired) electrons. The number of carbonyl (C=O) groups is 4. The molecular formula is C34H48N4O8S. The second kappa shape index (κ2) is 16.7. The lowest BCUT2D eigenvalue weighted by Gasteiger charge is -2.29. The van der Waals surface area contributed by atoms with Gasteiger partial charge in [0.2, 0.25) is 5.91 Å². The summed E-state index contributed by atoms with van der Waals surface area (Å²) < 4.78 is 35.0. The minimum atomic E-state index is -3.74. The number of nitrogens with zero attached hydrogens (tertiary/aromatic N) is 2. The number of nitrogens with one attached hydrogen (secondary N) is 2. The van der Waals surface area contributed by atoms with Crippen molar-refractivity contribution in [1.82, 2.24) is 10.6 Å². The Morgan fingerprint density at radius 1 is 0.894 bits per heavy atom. The fraction of sp³-hybridized carbons (Fsp3) is 0.529. The molecule has 12 nitrogen and oxygen atoms in total. The van der Waals surface area contributed by atoms with E-state index in [9.17, 15) is 23.4 Å². The van der Waals surface area contributed by atoms with Gasteiger partial charge < -0.3 is 29.7 Å². The normalized spacial score (nSPS) is 16.1. The van der Waals surface area contributed by atoms with Crippen LogP contribution in [0.3, 0.4) is 0 Å². The minimum Gasteiger partial charge on any atom is -0.459 e. The average molecular weight is 673 g/mol. The molecule has 0 aliphatic carbocycles. The van der Waals surface area contributed by atoms with E-state index in [4.69, 9.17) is 14.2 Å². The van der Waals surface area contributed by atoms with Crippen molar-refractivity contribution in [2.45, 2.75) is 77.7 Å². The summed E-state index contributed by atoms with van der Waals surface area (Å²) >= 11 is 0. The molecule has 258 valence electrons. The van der Waals surface area contributed by atoms with E-state index >= 15 is 0 Å². The first-order valence-corrected chi connectivity index (χ1v) is 17.5. The zero-order valence-electron chi connectivity index (χ0n) is 28.3. The fourth-order valence-electron chi connectivity index (χ4n) is 4.72. The van der Waals surface area contributed by atoms with Crippen molar-refractivity contribution in [2.24, 2.45) is 16.2 Å². The number of benzene rings is 2. The lowest BCUT2D eigenvalue weighted by molar-refractivity contribution is -0.150. The molecule has 2 N–H and O–H groups in total. The van der Waals surface area contributed by atoms with E-state index in [1.807, 2.05) is 30.3 Å². The SMILES string of the molecule is CC(C)[C@H](NC(=O)OC(C)(C)C)C(=O)N=S(=O)(CC(=O)N[C@H](C(=O)OCc1ccccc1)C(C)C)c1ccc(N2CCOCC2)cc1. The Labute approximate surface area is 278 Å². The van der Waals surface area contributed by atoms with Gasteiger partial charge in [-0.3, -0.25) is 9.59 Å². The van der Waals surface area contributed by atoms with E-state index in [1.165, 1.54) is 0 Å². The summed E-state index contributed by atoms with van der Waals surface area (Å²) in [6.45, 7) is 14.5. The second-order valence-corrected chi connectivity index (χ2v) is 15.3. The van der Waals surface area contributed by atoms with Crippen LogP contribution in [0.25, 0.3) is 0 Å². The van der Waals surface area contributed by atoms with Gasteiger partial charge in [-0.2, -0.15) is 4.36 Å². The highest BCUT2D eigenvalue weighted by molar-refractivity contribution is 7.94. The summed E-state index contributed by atoms with van der Waals surface area (Å²) in [7, 11) is -3.74. The van der Waals surface area contributed by atoms with Crippen LogP contribution >= 0.6 is 0 Å². The fourth-order valence-corrected chi connectivity index (χ4v) is 6.46. The van der Waals surface area contributed by atoms with Gasteiger partial charge in [-0.15, -0.1) is 0 Å². The van der Waals surface area contributed by atoms with Crippen LogP contribution < -0.4 is 15.5 Å². The van der Waals surface area contributed by atoms with Crippen molar-refractivity contribution in [3.63, 3.8) is 0 Å². The van der Waals surface area contributed by atoms with Crippen LogP contribution in [0.4, 0.5) is 10.5 Å². The first-order chi connectivity index (χ1) is 22.1. The summed E-state index contributed by atoms with van der Waals surface area (Å²) in [5.74, 6) is -3.77. The zero-order chi connectivity index (χ0) is 34.8. The topological polar surface area (TPSA) is 153 Å². The molecule has 0 aromatic heterocycles. The number of esters is 1. The van der Waals surface area contributed by atoms with Crippen LogP contribution in [0, 0.1) is 11.8 Å². The van der Waals surface area contributed by atoms with Crippen LogP contribution in [-0.2, 0) is 44.9 Å². The maximum atomic E-state index is 14.6. The molecule has 1 fully saturated rings. The van der Waals surface area contributed by atoms with E-state index in [0.717, 1.165) is 11.3 Å². The lowest BCUT2D eigenvalue weighted by atomic mass is 10.0. The Hall–Kier alpha value is -3.97. The molecule has 1 aliphatic heterocycles. The molecule has 0 saturated carbocycles. The Morgan fingerprint density at radius 3 is 2.04 bits per heavy atom. The summed E-state index contributed by atoms with van der Waals surface area (Å²) in [6, 6.07) is 13.6. The minimum absolute atomic E-state index is 0.0239. The van der Waals surface area contributed by atoms with Crippen molar-refractivity contribution in [1.29, 1.82) is 0 Å². The van der Waals surface area contributed by atoms with Gasteiger partial charge in [0, 0.05) is 23.7 Å². The van der Waals surface area contributed by atoms with Crippen LogP contribution in [0.5, 0.6) is 0 Å². The summed E-state index contributed by atoms with van der Waals surface area (Å²) in [5.41, 5.74) is 0.840. The van der Waals surface area contributed by atoms with Gasteiger partial charge in [-0.05, 0) is 62.4 Å². The van der Waals surface area contributed by atoms with Gasteiger partial charge in [0.1, 0.15) is 30.0 Å². The molecule has 3 amide bonds. The zero-order valence-corrected chi connectivity index (χ0v) is 29.1. The van der Waals surface area contributed by atoms with Gasteiger partial charge in [0.05, 0.1) is 22.9 Å². The number of rotatable bonds is 12. The molecule has 2 aromatic rings. The monoisotopic (exact) mass is 672 g/mol. The number of amides is 3. The number of ether oxygens (including phenoxy) is 3. The number of morpholine rings is 1. The molecule has 3 rings (SSSR count). The summed E-state index contributed by atoms with van der Waals surface area (Å²) in [6.07, 6.45) is -0.826. The van der Waals surface area contributed by atoms with Gasteiger partial charge in [-0.25, -0.2) is 13.8 Å². The second-order valence-electron chi connectivity index (χ2n) is 13.1. The van der Waals surface area contributed by atoms with E-state index in [1.54, 1.807) is 72.7 Å². The maximum Gasteiger partial charge on any atom is 0.408 e. The van der Waals surface area contributed by atoms with E-state index in [-0.39, 0.29) is 17.4 Å². The third-order valence-corrected chi connectivity index (χ3v) is 9.35. The molecule has 3 atom stereocenters. The average Bonchev–Trinajstić information content (AvgIpc) is 3.01. The quantitative estimate of drug-likeness (QED) is 0.314. The third-order valence-electron chi connectivity index (χ3n) is 7.21. The highest BCUT2D eigenvalue weighted by Crippen LogP contribution is 2.23. The molecule has 47 heavy (non-hydrogen) atoms. The first-order valence-electron chi connectivity index (χ1n) is 15.8. The van der Waals surface area contributed by atoms with E-state index < -0.39 is 63.0 Å². The maximum absolute atomic E-state index is 14.6. The number of hydrogen-bond acceptors (Lipinski definition) is 9.